The molecule has 110 valence electrons. The number of hydrogen-bond donors (Lipinski definition) is 1. The van der Waals surface area contributed by atoms with E-state index in [0.29, 0.717) is 5.56 Å². The fourth-order valence-corrected chi connectivity index (χ4v) is 2.13. The third kappa shape index (κ3) is 4.75. The average Bonchev–Trinajstić information content (AvgIpc) is 2.40. The van der Waals surface area contributed by atoms with E-state index >= 15 is 0 Å². The maximum absolute atomic E-state index is 12.1. The molecule has 0 bridgehead atoms. The van der Waals surface area contributed by atoms with Crippen molar-refractivity contribution in [3.05, 3.63) is 70.8 Å². The topological polar surface area (TPSA) is 29.1 Å². The van der Waals surface area contributed by atoms with Gasteiger partial charge >= 0.3 is 0 Å². The first-order valence-corrected chi connectivity index (χ1v) is 7.30. The highest BCUT2D eigenvalue weighted by molar-refractivity contribution is 5.94. The Morgan fingerprint density at radius 3 is 1.86 bits per heavy atom. The van der Waals surface area contributed by atoms with E-state index in [9.17, 15) is 4.79 Å². The molecule has 0 unspecified atom stereocenters. The third-order valence-corrected chi connectivity index (χ3v) is 3.23. The number of carbonyl (C=O) groups excluding carboxylic acids is 1. The molecule has 2 rings (SSSR count). The van der Waals surface area contributed by atoms with E-state index < -0.39 is 0 Å². The van der Waals surface area contributed by atoms with E-state index in [1.807, 2.05) is 45.0 Å². The minimum absolute atomic E-state index is 0.0237. The van der Waals surface area contributed by atoms with Gasteiger partial charge in [-0.15, -0.1) is 0 Å². The van der Waals surface area contributed by atoms with Crippen LogP contribution in [-0.2, 0) is 6.42 Å². The lowest BCUT2D eigenvalue weighted by atomic mass is 10.0. The van der Waals surface area contributed by atoms with Gasteiger partial charge in [-0.3, -0.25) is 4.79 Å². The molecule has 0 atom stereocenters. The highest BCUT2D eigenvalue weighted by atomic mass is 16.1. The first-order valence-electron chi connectivity index (χ1n) is 7.30. The number of amides is 1. The molecule has 0 aromatic heterocycles. The van der Waals surface area contributed by atoms with Crippen molar-refractivity contribution in [2.75, 3.05) is 0 Å². The Morgan fingerprint density at radius 2 is 1.38 bits per heavy atom. The SMILES string of the molecule is Cc1ccc(Cc2ccc(C(=O)NC(C)(C)C)cc2)cc1. The van der Waals surface area contributed by atoms with Crippen LogP contribution in [0.3, 0.4) is 0 Å². The number of hydrogen-bond acceptors (Lipinski definition) is 1. The second-order valence-corrected chi connectivity index (χ2v) is 6.56. The summed E-state index contributed by atoms with van der Waals surface area (Å²) in [6.07, 6.45) is 0.890. The summed E-state index contributed by atoms with van der Waals surface area (Å²) in [6.45, 7) is 8.04. The van der Waals surface area contributed by atoms with Gasteiger partial charge in [0.1, 0.15) is 0 Å². The van der Waals surface area contributed by atoms with Crippen LogP contribution >= 0.6 is 0 Å². The van der Waals surface area contributed by atoms with Crippen molar-refractivity contribution in [1.29, 1.82) is 0 Å². The Kier molecular flexibility index (Phi) is 4.46. The predicted octanol–water partition coefficient (Wildman–Crippen LogP) is 4.11. The highest BCUT2D eigenvalue weighted by Crippen LogP contribution is 2.12. The molecule has 21 heavy (non-hydrogen) atoms. The fraction of sp³-hybridized carbons (Fsp3) is 0.316. The van der Waals surface area contributed by atoms with Crippen molar-refractivity contribution in [3.63, 3.8) is 0 Å². The van der Waals surface area contributed by atoms with E-state index in [4.69, 9.17) is 0 Å². The number of aryl methyl sites for hydroxylation is 1. The summed E-state index contributed by atoms with van der Waals surface area (Å²) in [4.78, 5) is 12.1. The van der Waals surface area contributed by atoms with Crippen LogP contribution in [0, 0.1) is 6.92 Å². The van der Waals surface area contributed by atoms with Crippen molar-refractivity contribution in [2.45, 2.75) is 39.7 Å². The van der Waals surface area contributed by atoms with E-state index in [-0.39, 0.29) is 11.4 Å². The lowest BCUT2D eigenvalue weighted by Gasteiger charge is -2.20. The lowest BCUT2D eigenvalue weighted by molar-refractivity contribution is 0.0919. The maximum atomic E-state index is 12.1. The minimum atomic E-state index is -0.211. The van der Waals surface area contributed by atoms with Gasteiger partial charge in [0.05, 0.1) is 0 Å². The zero-order chi connectivity index (χ0) is 15.5. The summed E-state index contributed by atoms with van der Waals surface area (Å²) in [7, 11) is 0. The molecule has 0 saturated heterocycles. The van der Waals surface area contributed by atoms with Gasteiger partial charge in [0.2, 0.25) is 0 Å². The van der Waals surface area contributed by atoms with E-state index in [1.165, 1.54) is 16.7 Å². The van der Waals surface area contributed by atoms with Crippen LogP contribution in [0.15, 0.2) is 48.5 Å². The summed E-state index contributed by atoms with van der Waals surface area (Å²) >= 11 is 0. The normalized spacial score (nSPS) is 11.2. The van der Waals surface area contributed by atoms with Crippen LogP contribution in [0.5, 0.6) is 0 Å². The minimum Gasteiger partial charge on any atom is -0.347 e. The number of carbonyl (C=O) groups is 1. The van der Waals surface area contributed by atoms with Crippen LogP contribution in [0.2, 0.25) is 0 Å². The second-order valence-electron chi connectivity index (χ2n) is 6.56. The van der Waals surface area contributed by atoms with Crippen LogP contribution in [0.25, 0.3) is 0 Å². The van der Waals surface area contributed by atoms with Gasteiger partial charge in [-0.2, -0.15) is 0 Å². The average molecular weight is 281 g/mol. The molecule has 2 nitrogen and oxygen atoms in total. The molecule has 0 spiro atoms. The molecular formula is C19H23NO. The maximum Gasteiger partial charge on any atom is 0.251 e. The molecule has 0 heterocycles. The summed E-state index contributed by atoms with van der Waals surface area (Å²) < 4.78 is 0. The molecule has 0 aliphatic heterocycles. The Bertz CT molecular complexity index is 604. The van der Waals surface area contributed by atoms with Crippen LogP contribution < -0.4 is 5.32 Å². The van der Waals surface area contributed by atoms with Gasteiger partial charge in [0.25, 0.3) is 5.91 Å². The van der Waals surface area contributed by atoms with Crippen LogP contribution in [0.1, 0.15) is 47.8 Å². The van der Waals surface area contributed by atoms with Gasteiger partial charge < -0.3 is 5.32 Å². The van der Waals surface area contributed by atoms with Crippen LogP contribution in [0.4, 0.5) is 0 Å². The molecule has 0 aliphatic carbocycles. The van der Waals surface area contributed by atoms with Crippen molar-refractivity contribution in [3.8, 4) is 0 Å². The Labute approximate surface area is 127 Å². The van der Waals surface area contributed by atoms with Gasteiger partial charge in [0.15, 0.2) is 0 Å². The summed E-state index contributed by atoms with van der Waals surface area (Å²) in [6, 6.07) is 16.4. The summed E-state index contributed by atoms with van der Waals surface area (Å²) in [5.41, 5.74) is 4.27. The zero-order valence-electron chi connectivity index (χ0n) is 13.2. The smallest absolute Gasteiger partial charge is 0.251 e. The van der Waals surface area contributed by atoms with Crippen LogP contribution in [-0.4, -0.2) is 11.4 Å². The zero-order valence-corrected chi connectivity index (χ0v) is 13.2. The summed E-state index contributed by atoms with van der Waals surface area (Å²) in [5.74, 6) is -0.0237. The van der Waals surface area contributed by atoms with Crippen molar-refractivity contribution in [1.82, 2.24) is 5.32 Å². The monoisotopic (exact) mass is 281 g/mol. The van der Waals surface area contributed by atoms with E-state index in [0.717, 1.165) is 6.42 Å². The van der Waals surface area contributed by atoms with Gasteiger partial charge in [0, 0.05) is 11.1 Å². The quantitative estimate of drug-likeness (QED) is 0.901. The summed E-state index contributed by atoms with van der Waals surface area (Å²) in [5, 5.41) is 2.97. The number of benzene rings is 2. The Morgan fingerprint density at radius 1 is 0.905 bits per heavy atom. The van der Waals surface area contributed by atoms with E-state index in [2.05, 4.69) is 36.5 Å². The first kappa shape index (κ1) is 15.3. The molecule has 0 saturated carbocycles. The van der Waals surface area contributed by atoms with Crippen molar-refractivity contribution >= 4 is 5.91 Å². The second kappa shape index (κ2) is 6.13. The van der Waals surface area contributed by atoms with Gasteiger partial charge in [-0.1, -0.05) is 42.0 Å². The van der Waals surface area contributed by atoms with Gasteiger partial charge in [-0.25, -0.2) is 0 Å². The lowest BCUT2D eigenvalue weighted by Crippen LogP contribution is -2.40. The fourth-order valence-electron chi connectivity index (χ4n) is 2.13. The molecule has 0 fully saturated rings. The Hall–Kier alpha value is -2.09. The van der Waals surface area contributed by atoms with Crippen molar-refractivity contribution < 1.29 is 4.79 Å². The third-order valence-electron chi connectivity index (χ3n) is 3.23. The first-order chi connectivity index (χ1) is 9.83. The van der Waals surface area contributed by atoms with E-state index in [1.54, 1.807) is 0 Å². The molecule has 1 N–H and O–H groups in total. The molecule has 2 aromatic carbocycles. The molecule has 2 heteroatoms. The van der Waals surface area contributed by atoms with Crippen molar-refractivity contribution in [2.24, 2.45) is 0 Å². The number of nitrogens with one attached hydrogen (secondary N) is 1. The highest BCUT2D eigenvalue weighted by Gasteiger charge is 2.14. The molecule has 0 radical (unpaired) electrons. The molecule has 0 aliphatic rings. The number of rotatable bonds is 3. The van der Waals surface area contributed by atoms with Gasteiger partial charge in [-0.05, 0) is 57.4 Å². The Balaban J connectivity index is 2.05. The molecule has 2 aromatic rings. The molecule has 1 amide bonds. The predicted molar refractivity (Wildman–Crippen MR) is 87.6 cm³/mol. The standard InChI is InChI=1S/C19H23NO/c1-14-5-7-15(8-6-14)13-16-9-11-17(12-10-16)18(21)20-19(2,3)4/h5-12H,13H2,1-4H3,(H,20,21). The molecular weight excluding hydrogens is 258 g/mol. The largest absolute Gasteiger partial charge is 0.347 e.